The molecule has 5 heteroatoms. The number of halogens is 2. The van der Waals surface area contributed by atoms with Crippen LogP contribution in [0.1, 0.15) is 5.56 Å². The SMILES string of the molecule is CO/N=C(/COc1ccc(Cl)cc1)c1ccc(Cl)cc1. The molecule has 0 saturated carbocycles. The predicted octanol–water partition coefficient (Wildman–Crippen LogP) is 4.42. The first-order valence-electron chi connectivity index (χ1n) is 5.93. The minimum Gasteiger partial charge on any atom is -0.487 e. The van der Waals surface area contributed by atoms with E-state index in [9.17, 15) is 0 Å². The van der Waals surface area contributed by atoms with Crippen LogP contribution in [0.15, 0.2) is 53.7 Å². The second kappa shape index (κ2) is 7.17. The molecule has 2 rings (SSSR count). The van der Waals surface area contributed by atoms with Gasteiger partial charge in [0.2, 0.25) is 0 Å². The summed E-state index contributed by atoms with van der Waals surface area (Å²) in [6, 6.07) is 14.5. The lowest BCUT2D eigenvalue weighted by Crippen LogP contribution is -2.13. The zero-order chi connectivity index (χ0) is 14.4. The summed E-state index contributed by atoms with van der Waals surface area (Å²) < 4.78 is 5.66. The second-order valence-electron chi connectivity index (χ2n) is 3.97. The molecule has 0 radical (unpaired) electrons. The third kappa shape index (κ3) is 4.15. The van der Waals surface area contributed by atoms with Crippen LogP contribution < -0.4 is 4.74 Å². The molecule has 104 valence electrons. The standard InChI is InChI=1S/C15H13Cl2NO2/c1-19-18-15(11-2-4-12(16)5-3-11)10-20-14-8-6-13(17)7-9-14/h2-9H,10H2,1H3/b18-15-. The highest BCUT2D eigenvalue weighted by molar-refractivity contribution is 6.30. The minimum atomic E-state index is 0.289. The van der Waals surface area contributed by atoms with Gasteiger partial charge in [0.05, 0.1) is 0 Å². The highest BCUT2D eigenvalue weighted by Crippen LogP contribution is 2.16. The summed E-state index contributed by atoms with van der Waals surface area (Å²) in [5, 5.41) is 5.32. The van der Waals surface area contributed by atoms with Crippen LogP contribution in [0.5, 0.6) is 5.75 Å². The Morgan fingerprint density at radius 2 is 1.50 bits per heavy atom. The summed E-state index contributed by atoms with van der Waals surface area (Å²) in [6.07, 6.45) is 0. The molecule has 0 heterocycles. The largest absolute Gasteiger partial charge is 0.487 e. The summed E-state index contributed by atoms with van der Waals surface area (Å²) in [6.45, 7) is 0.289. The molecule has 0 aromatic heterocycles. The van der Waals surface area contributed by atoms with Crippen LogP contribution in [-0.2, 0) is 4.84 Å². The number of oxime groups is 1. The first-order chi connectivity index (χ1) is 9.69. The smallest absolute Gasteiger partial charge is 0.134 e. The number of ether oxygens (including phenoxy) is 1. The van der Waals surface area contributed by atoms with Crippen molar-refractivity contribution >= 4 is 28.9 Å². The number of hydrogen-bond acceptors (Lipinski definition) is 3. The Morgan fingerprint density at radius 3 is 2.05 bits per heavy atom. The third-order valence-electron chi connectivity index (χ3n) is 2.57. The van der Waals surface area contributed by atoms with Gasteiger partial charge in [-0.25, -0.2) is 0 Å². The topological polar surface area (TPSA) is 30.8 Å². The van der Waals surface area contributed by atoms with Crippen molar-refractivity contribution in [3.63, 3.8) is 0 Å². The first kappa shape index (κ1) is 14.7. The average molecular weight is 310 g/mol. The first-order valence-corrected chi connectivity index (χ1v) is 6.69. The van der Waals surface area contributed by atoms with Gasteiger partial charge < -0.3 is 9.57 Å². The van der Waals surface area contributed by atoms with E-state index in [2.05, 4.69) is 5.16 Å². The lowest BCUT2D eigenvalue weighted by atomic mass is 10.1. The quantitative estimate of drug-likeness (QED) is 0.604. The molecular weight excluding hydrogens is 297 g/mol. The van der Waals surface area contributed by atoms with Gasteiger partial charge in [0.1, 0.15) is 25.2 Å². The Bertz CT molecular complexity index is 580. The van der Waals surface area contributed by atoms with Crippen molar-refractivity contribution in [1.29, 1.82) is 0 Å². The monoisotopic (exact) mass is 309 g/mol. The van der Waals surface area contributed by atoms with E-state index in [1.807, 2.05) is 12.1 Å². The Hall–Kier alpha value is -1.71. The van der Waals surface area contributed by atoms with E-state index in [1.54, 1.807) is 36.4 Å². The maximum absolute atomic E-state index is 5.87. The Balaban J connectivity index is 2.08. The van der Waals surface area contributed by atoms with E-state index in [0.717, 1.165) is 5.56 Å². The van der Waals surface area contributed by atoms with Gasteiger partial charge in [-0.05, 0) is 36.4 Å². The minimum absolute atomic E-state index is 0.289. The summed E-state index contributed by atoms with van der Waals surface area (Å²) in [7, 11) is 1.50. The molecule has 0 N–H and O–H groups in total. The van der Waals surface area contributed by atoms with E-state index in [4.69, 9.17) is 32.8 Å². The van der Waals surface area contributed by atoms with Crippen LogP contribution in [0.25, 0.3) is 0 Å². The molecule has 0 spiro atoms. The second-order valence-corrected chi connectivity index (χ2v) is 4.84. The van der Waals surface area contributed by atoms with Gasteiger partial charge in [-0.15, -0.1) is 0 Å². The van der Waals surface area contributed by atoms with Gasteiger partial charge in [0.15, 0.2) is 0 Å². The molecule has 0 unspecified atom stereocenters. The van der Waals surface area contributed by atoms with Crippen molar-refractivity contribution in [1.82, 2.24) is 0 Å². The van der Waals surface area contributed by atoms with Crippen molar-refractivity contribution < 1.29 is 9.57 Å². The lowest BCUT2D eigenvalue weighted by Gasteiger charge is -2.09. The van der Waals surface area contributed by atoms with Crippen molar-refractivity contribution in [2.24, 2.45) is 5.16 Å². The van der Waals surface area contributed by atoms with Gasteiger partial charge in [0.25, 0.3) is 0 Å². The Morgan fingerprint density at radius 1 is 0.950 bits per heavy atom. The molecule has 2 aromatic carbocycles. The molecule has 0 aliphatic carbocycles. The van der Waals surface area contributed by atoms with Crippen molar-refractivity contribution in [2.75, 3.05) is 13.7 Å². The predicted molar refractivity (Wildman–Crippen MR) is 81.9 cm³/mol. The van der Waals surface area contributed by atoms with E-state index >= 15 is 0 Å². The van der Waals surface area contributed by atoms with Gasteiger partial charge in [0, 0.05) is 15.6 Å². The summed E-state index contributed by atoms with van der Waals surface area (Å²) in [5.74, 6) is 0.715. The van der Waals surface area contributed by atoms with Crippen LogP contribution in [0.4, 0.5) is 0 Å². The molecule has 0 saturated heterocycles. The van der Waals surface area contributed by atoms with Crippen LogP contribution in [-0.4, -0.2) is 19.4 Å². The molecular formula is C15H13Cl2NO2. The zero-order valence-corrected chi connectivity index (χ0v) is 12.4. The Labute approximate surface area is 127 Å². The third-order valence-corrected chi connectivity index (χ3v) is 3.07. The van der Waals surface area contributed by atoms with Crippen LogP contribution in [0, 0.1) is 0 Å². The number of benzene rings is 2. The van der Waals surface area contributed by atoms with Crippen molar-refractivity contribution in [3.8, 4) is 5.75 Å². The average Bonchev–Trinajstić information content (AvgIpc) is 2.46. The normalized spacial score (nSPS) is 11.2. The molecule has 0 fully saturated rings. The highest BCUT2D eigenvalue weighted by atomic mass is 35.5. The van der Waals surface area contributed by atoms with Gasteiger partial charge in [-0.1, -0.05) is 40.5 Å². The molecule has 2 aromatic rings. The number of hydrogen-bond donors (Lipinski definition) is 0. The fourth-order valence-corrected chi connectivity index (χ4v) is 1.85. The Kier molecular flexibility index (Phi) is 5.27. The molecule has 3 nitrogen and oxygen atoms in total. The van der Waals surface area contributed by atoms with Crippen LogP contribution in [0.3, 0.4) is 0 Å². The van der Waals surface area contributed by atoms with E-state index in [1.165, 1.54) is 7.11 Å². The lowest BCUT2D eigenvalue weighted by molar-refractivity contribution is 0.210. The molecule has 0 atom stereocenters. The summed E-state index contributed by atoms with van der Waals surface area (Å²) in [4.78, 5) is 4.85. The molecule has 0 bridgehead atoms. The molecule has 0 aliphatic heterocycles. The van der Waals surface area contributed by atoms with Gasteiger partial charge in [-0.2, -0.15) is 0 Å². The van der Waals surface area contributed by atoms with Crippen molar-refractivity contribution in [3.05, 3.63) is 64.1 Å². The zero-order valence-electron chi connectivity index (χ0n) is 10.8. The van der Waals surface area contributed by atoms with E-state index in [0.29, 0.717) is 21.5 Å². The van der Waals surface area contributed by atoms with Gasteiger partial charge >= 0.3 is 0 Å². The van der Waals surface area contributed by atoms with E-state index < -0.39 is 0 Å². The fraction of sp³-hybridized carbons (Fsp3) is 0.133. The summed E-state index contributed by atoms with van der Waals surface area (Å²) >= 11 is 11.7. The van der Waals surface area contributed by atoms with E-state index in [-0.39, 0.29) is 6.61 Å². The van der Waals surface area contributed by atoms with Crippen LogP contribution >= 0.6 is 23.2 Å². The maximum atomic E-state index is 5.87. The number of nitrogens with zero attached hydrogens (tertiary/aromatic N) is 1. The maximum Gasteiger partial charge on any atom is 0.134 e. The highest BCUT2D eigenvalue weighted by Gasteiger charge is 2.06. The molecule has 0 amide bonds. The molecule has 20 heavy (non-hydrogen) atoms. The van der Waals surface area contributed by atoms with Gasteiger partial charge in [-0.3, -0.25) is 0 Å². The van der Waals surface area contributed by atoms with Crippen molar-refractivity contribution in [2.45, 2.75) is 0 Å². The van der Waals surface area contributed by atoms with Crippen LogP contribution in [0.2, 0.25) is 10.0 Å². The number of rotatable bonds is 5. The fourth-order valence-electron chi connectivity index (χ4n) is 1.60. The molecule has 0 aliphatic rings. The summed E-state index contributed by atoms with van der Waals surface area (Å²) in [5.41, 5.74) is 1.57.